The first-order valence-electron chi connectivity index (χ1n) is 6.09. The third-order valence-electron chi connectivity index (χ3n) is 4.16. The van der Waals surface area contributed by atoms with E-state index in [2.05, 4.69) is 0 Å². The molecule has 2 unspecified atom stereocenters. The van der Waals surface area contributed by atoms with E-state index < -0.39 is 16.9 Å². The topological polar surface area (TPSA) is 83.6 Å². The number of hydrogen-bond acceptors (Lipinski definition) is 3. The molecule has 2 rings (SSSR count). The molecule has 96 valence electrons. The third-order valence-corrected chi connectivity index (χ3v) is 4.16. The van der Waals surface area contributed by atoms with Crippen molar-refractivity contribution in [3.8, 4) is 0 Å². The normalized spacial score (nSPS) is 32.3. The van der Waals surface area contributed by atoms with Gasteiger partial charge in [-0.05, 0) is 39.0 Å². The molecule has 1 aliphatic heterocycles. The second-order valence-corrected chi connectivity index (χ2v) is 5.90. The van der Waals surface area contributed by atoms with Crippen molar-refractivity contribution in [3.63, 3.8) is 0 Å². The standard InChI is InChI=1S/C12H20N2O3/c1-11(10(16)17)5-6-14(7-11)9(15)12(2,13)8-3-4-8/h8H,3-7,13H2,1-2H3,(H,16,17). The highest BCUT2D eigenvalue weighted by Crippen LogP contribution is 2.40. The first-order valence-corrected chi connectivity index (χ1v) is 6.09. The zero-order valence-electron chi connectivity index (χ0n) is 10.4. The number of aliphatic carboxylic acids is 1. The molecule has 2 fully saturated rings. The number of likely N-dealkylation sites (tertiary alicyclic amines) is 1. The zero-order valence-corrected chi connectivity index (χ0v) is 10.4. The lowest BCUT2D eigenvalue weighted by Crippen LogP contribution is -2.54. The van der Waals surface area contributed by atoms with E-state index in [9.17, 15) is 9.59 Å². The first-order chi connectivity index (χ1) is 7.77. The lowest BCUT2D eigenvalue weighted by molar-refractivity contribution is -0.147. The lowest BCUT2D eigenvalue weighted by Gasteiger charge is -2.30. The predicted molar refractivity (Wildman–Crippen MR) is 62.3 cm³/mol. The summed E-state index contributed by atoms with van der Waals surface area (Å²) in [5.41, 5.74) is 4.45. The molecule has 1 saturated heterocycles. The van der Waals surface area contributed by atoms with Gasteiger partial charge < -0.3 is 15.7 Å². The minimum atomic E-state index is -0.835. The van der Waals surface area contributed by atoms with Gasteiger partial charge in [0.1, 0.15) is 0 Å². The van der Waals surface area contributed by atoms with Crippen LogP contribution in [-0.2, 0) is 9.59 Å². The lowest BCUT2D eigenvalue weighted by atomic mass is 9.90. The molecule has 1 heterocycles. The van der Waals surface area contributed by atoms with Gasteiger partial charge in [-0.25, -0.2) is 0 Å². The molecule has 2 aliphatic rings. The largest absolute Gasteiger partial charge is 0.481 e. The number of nitrogens with two attached hydrogens (primary N) is 1. The molecule has 1 saturated carbocycles. The minimum absolute atomic E-state index is 0.0926. The minimum Gasteiger partial charge on any atom is -0.481 e. The second kappa shape index (κ2) is 3.70. The third kappa shape index (κ3) is 2.04. The van der Waals surface area contributed by atoms with E-state index in [1.165, 1.54) is 0 Å². The molecule has 1 amide bonds. The fraction of sp³-hybridized carbons (Fsp3) is 0.833. The van der Waals surface area contributed by atoms with Gasteiger partial charge in [0.25, 0.3) is 0 Å². The molecular weight excluding hydrogens is 220 g/mol. The maximum absolute atomic E-state index is 12.3. The van der Waals surface area contributed by atoms with Gasteiger partial charge in [-0.2, -0.15) is 0 Å². The summed E-state index contributed by atoms with van der Waals surface area (Å²) in [6.45, 7) is 4.23. The number of carboxylic acid groups (broad SMARTS) is 1. The number of rotatable bonds is 3. The number of carbonyl (C=O) groups excluding carboxylic acids is 1. The van der Waals surface area contributed by atoms with Crippen LogP contribution in [0.4, 0.5) is 0 Å². The van der Waals surface area contributed by atoms with Crippen molar-refractivity contribution in [1.29, 1.82) is 0 Å². The van der Waals surface area contributed by atoms with E-state index >= 15 is 0 Å². The highest BCUT2D eigenvalue weighted by atomic mass is 16.4. The van der Waals surface area contributed by atoms with Crippen LogP contribution in [0.2, 0.25) is 0 Å². The van der Waals surface area contributed by atoms with Crippen molar-refractivity contribution in [1.82, 2.24) is 4.90 Å². The maximum Gasteiger partial charge on any atom is 0.311 e. The molecule has 1 aliphatic carbocycles. The smallest absolute Gasteiger partial charge is 0.311 e. The second-order valence-electron chi connectivity index (χ2n) is 5.90. The Bertz CT molecular complexity index is 363. The molecular formula is C12H20N2O3. The van der Waals surface area contributed by atoms with Crippen LogP contribution in [0.5, 0.6) is 0 Å². The van der Waals surface area contributed by atoms with Gasteiger partial charge in [0, 0.05) is 13.1 Å². The fourth-order valence-corrected chi connectivity index (χ4v) is 2.51. The summed E-state index contributed by atoms with van der Waals surface area (Å²) in [4.78, 5) is 25.0. The average Bonchev–Trinajstić information content (AvgIpc) is 3.02. The van der Waals surface area contributed by atoms with Crippen LogP contribution in [-0.4, -0.2) is 40.5 Å². The van der Waals surface area contributed by atoms with Crippen LogP contribution in [0.1, 0.15) is 33.1 Å². The van der Waals surface area contributed by atoms with Crippen molar-refractivity contribution < 1.29 is 14.7 Å². The monoisotopic (exact) mass is 240 g/mol. The quantitative estimate of drug-likeness (QED) is 0.749. The van der Waals surface area contributed by atoms with Crippen LogP contribution < -0.4 is 5.73 Å². The Hall–Kier alpha value is -1.10. The van der Waals surface area contributed by atoms with Crippen molar-refractivity contribution in [2.75, 3.05) is 13.1 Å². The van der Waals surface area contributed by atoms with E-state index in [1.54, 1.807) is 18.7 Å². The average molecular weight is 240 g/mol. The van der Waals surface area contributed by atoms with Crippen LogP contribution in [0.15, 0.2) is 0 Å². The Labute approximate surface area is 101 Å². The summed E-state index contributed by atoms with van der Waals surface area (Å²) in [6.07, 6.45) is 2.51. The van der Waals surface area contributed by atoms with Crippen LogP contribution in [0, 0.1) is 11.3 Å². The molecule has 0 bridgehead atoms. The highest BCUT2D eigenvalue weighted by Gasteiger charge is 2.50. The number of carbonyl (C=O) groups is 2. The zero-order chi connectivity index (χ0) is 12.8. The molecule has 5 heteroatoms. The summed E-state index contributed by atoms with van der Waals surface area (Å²) in [5.74, 6) is -0.658. The summed E-state index contributed by atoms with van der Waals surface area (Å²) >= 11 is 0. The maximum atomic E-state index is 12.3. The van der Waals surface area contributed by atoms with Crippen LogP contribution in [0.3, 0.4) is 0 Å². The van der Waals surface area contributed by atoms with Crippen molar-refractivity contribution in [2.45, 2.75) is 38.6 Å². The summed E-state index contributed by atoms with van der Waals surface area (Å²) in [6, 6.07) is 0. The number of nitrogens with zero attached hydrogens (tertiary/aromatic N) is 1. The Balaban J connectivity index is 2.06. The van der Waals surface area contributed by atoms with E-state index in [-0.39, 0.29) is 18.4 Å². The molecule has 3 N–H and O–H groups in total. The SMILES string of the molecule is CC1(C(=O)O)CCN(C(=O)C(C)(N)C2CC2)C1. The number of amides is 1. The summed E-state index contributed by atoms with van der Waals surface area (Å²) in [7, 11) is 0. The molecule has 5 nitrogen and oxygen atoms in total. The van der Waals surface area contributed by atoms with E-state index in [0.717, 1.165) is 12.8 Å². The Kier molecular flexibility index (Phi) is 2.69. The Morgan fingerprint density at radius 2 is 2.06 bits per heavy atom. The molecule has 0 aromatic carbocycles. The molecule has 17 heavy (non-hydrogen) atoms. The molecule has 0 aromatic rings. The van der Waals surface area contributed by atoms with E-state index in [1.807, 2.05) is 0 Å². The summed E-state index contributed by atoms with van der Waals surface area (Å²) in [5, 5.41) is 9.13. The molecule has 0 spiro atoms. The van der Waals surface area contributed by atoms with Gasteiger partial charge in [-0.1, -0.05) is 0 Å². The Morgan fingerprint density at radius 3 is 2.47 bits per heavy atom. The molecule has 0 aromatic heterocycles. The highest BCUT2D eigenvalue weighted by molar-refractivity contribution is 5.88. The van der Waals surface area contributed by atoms with E-state index in [4.69, 9.17) is 10.8 Å². The van der Waals surface area contributed by atoms with Crippen LogP contribution >= 0.6 is 0 Å². The Morgan fingerprint density at radius 1 is 1.47 bits per heavy atom. The van der Waals surface area contributed by atoms with E-state index in [0.29, 0.717) is 13.0 Å². The number of carboxylic acids is 1. The van der Waals surface area contributed by atoms with Gasteiger partial charge in [0.05, 0.1) is 11.0 Å². The van der Waals surface area contributed by atoms with Gasteiger partial charge in [0.15, 0.2) is 0 Å². The van der Waals surface area contributed by atoms with Gasteiger partial charge >= 0.3 is 5.97 Å². The predicted octanol–water partition coefficient (Wildman–Crippen LogP) is 0.437. The van der Waals surface area contributed by atoms with Gasteiger partial charge in [-0.15, -0.1) is 0 Å². The van der Waals surface area contributed by atoms with Crippen molar-refractivity contribution >= 4 is 11.9 Å². The van der Waals surface area contributed by atoms with Crippen molar-refractivity contribution in [2.24, 2.45) is 17.1 Å². The number of hydrogen-bond donors (Lipinski definition) is 2. The fourth-order valence-electron chi connectivity index (χ4n) is 2.51. The first kappa shape index (κ1) is 12.4. The van der Waals surface area contributed by atoms with Crippen molar-refractivity contribution in [3.05, 3.63) is 0 Å². The van der Waals surface area contributed by atoms with Gasteiger partial charge in [0.2, 0.25) is 5.91 Å². The molecule has 2 atom stereocenters. The van der Waals surface area contributed by atoms with Gasteiger partial charge in [-0.3, -0.25) is 9.59 Å². The summed E-state index contributed by atoms with van der Waals surface area (Å²) < 4.78 is 0. The van der Waals surface area contributed by atoms with Crippen LogP contribution in [0.25, 0.3) is 0 Å². The molecule has 0 radical (unpaired) electrons.